The number of hydrogen-bond acceptors (Lipinski definition) is 6. The molecule has 0 unspecified atom stereocenters. The van der Waals surface area contributed by atoms with Crippen molar-refractivity contribution >= 4 is 28.9 Å². The number of carbonyl (C=O) groups is 1. The first-order valence-electron chi connectivity index (χ1n) is 10.0. The maximum atomic E-state index is 12.8. The van der Waals surface area contributed by atoms with E-state index < -0.39 is 0 Å². The van der Waals surface area contributed by atoms with Gasteiger partial charge in [-0.1, -0.05) is 17.7 Å². The minimum atomic E-state index is -0.381. The van der Waals surface area contributed by atoms with E-state index in [2.05, 4.69) is 20.7 Å². The zero-order chi connectivity index (χ0) is 23.2. The minimum absolute atomic E-state index is 0.191. The van der Waals surface area contributed by atoms with Crippen LogP contribution < -0.4 is 20.9 Å². The summed E-state index contributed by atoms with van der Waals surface area (Å²) in [5, 5.41) is 10.5. The van der Waals surface area contributed by atoms with E-state index in [9.17, 15) is 9.59 Å². The minimum Gasteiger partial charge on any atom is -0.453 e. The van der Waals surface area contributed by atoms with Crippen molar-refractivity contribution in [3.8, 4) is 11.5 Å². The van der Waals surface area contributed by atoms with Crippen molar-refractivity contribution in [3.63, 3.8) is 0 Å². The van der Waals surface area contributed by atoms with E-state index >= 15 is 0 Å². The number of aromatic nitrogens is 3. The number of aryl methyl sites for hydroxylation is 1. The van der Waals surface area contributed by atoms with E-state index in [1.165, 1.54) is 10.9 Å². The maximum Gasteiger partial charge on any atom is 0.294 e. The highest BCUT2D eigenvalue weighted by molar-refractivity contribution is 6.30. The largest absolute Gasteiger partial charge is 0.453 e. The molecule has 0 fully saturated rings. The Bertz CT molecular complexity index is 1320. The molecule has 2 aromatic carbocycles. The van der Waals surface area contributed by atoms with Gasteiger partial charge in [0, 0.05) is 42.3 Å². The number of rotatable bonds is 7. The molecule has 2 aromatic heterocycles. The first-order valence-corrected chi connectivity index (χ1v) is 10.4. The Balaban J connectivity index is 1.55. The fourth-order valence-electron chi connectivity index (χ4n) is 3.01. The fourth-order valence-corrected chi connectivity index (χ4v) is 3.14. The van der Waals surface area contributed by atoms with Crippen LogP contribution in [0.1, 0.15) is 15.9 Å². The second-order valence-electron chi connectivity index (χ2n) is 7.11. The average molecular weight is 462 g/mol. The van der Waals surface area contributed by atoms with Crippen molar-refractivity contribution < 1.29 is 9.53 Å². The van der Waals surface area contributed by atoms with Crippen molar-refractivity contribution in [1.82, 2.24) is 20.1 Å². The summed E-state index contributed by atoms with van der Waals surface area (Å²) >= 11 is 5.93. The molecule has 0 aliphatic rings. The molecule has 4 rings (SSSR count). The SMILES string of the molecule is Cn1ncc(Oc2ccc(Cl)cc2)c(Nc2cccc(C(=O)NCc3ccncc3)c2)c1=O. The Hall–Kier alpha value is -4.17. The third kappa shape index (κ3) is 5.55. The summed E-state index contributed by atoms with van der Waals surface area (Å²) < 4.78 is 7.05. The topological polar surface area (TPSA) is 98.1 Å². The number of amides is 1. The number of ether oxygens (including phenoxy) is 1. The third-order valence-electron chi connectivity index (χ3n) is 4.74. The van der Waals surface area contributed by atoms with Crippen LogP contribution in [0.2, 0.25) is 5.02 Å². The fraction of sp³-hybridized carbons (Fsp3) is 0.0833. The second-order valence-corrected chi connectivity index (χ2v) is 7.55. The Kier molecular flexibility index (Phi) is 6.66. The summed E-state index contributed by atoms with van der Waals surface area (Å²) in [7, 11) is 1.54. The van der Waals surface area contributed by atoms with Gasteiger partial charge in [0.2, 0.25) is 0 Å². The molecule has 9 heteroatoms. The Morgan fingerprint density at radius 3 is 2.61 bits per heavy atom. The number of carbonyl (C=O) groups excluding carboxylic acids is 1. The molecule has 0 spiro atoms. The first-order chi connectivity index (χ1) is 16.0. The Morgan fingerprint density at radius 2 is 1.85 bits per heavy atom. The third-order valence-corrected chi connectivity index (χ3v) is 4.99. The van der Waals surface area contributed by atoms with Crippen molar-refractivity contribution in [1.29, 1.82) is 0 Å². The van der Waals surface area contributed by atoms with E-state index in [4.69, 9.17) is 16.3 Å². The van der Waals surface area contributed by atoms with Gasteiger partial charge in [-0.2, -0.15) is 5.10 Å². The van der Waals surface area contributed by atoms with Gasteiger partial charge in [0.15, 0.2) is 11.4 Å². The van der Waals surface area contributed by atoms with Gasteiger partial charge in [-0.3, -0.25) is 14.6 Å². The lowest BCUT2D eigenvalue weighted by Gasteiger charge is -2.14. The highest BCUT2D eigenvalue weighted by Gasteiger charge is 2.14. The summed E-state index contributed by atoms with van der Waals surface area (Å²) in [6.07, 6.45) is 4.79. The van der Waals surface area contributed by atoms with E-state index in [1.807, 2.05) is 12.1 Å². The molecule has 0 aliphatic carbocycles. The van der Waals surface area contributed by atoms with Crippen LogP contribution in [0.25, 0.3) is 0 Å². The van der Waals surface area contributed by atoms with Gasteiger partial charge < -0.3 is 15.4 Å². The Labute approximate surface area is 194 Å². The lowest BCUT2D eigenvalue weighted by molar-refractivity contribution is 0.0951. The zero-order valence-electron chi connectivity index (χ0n) is 17.7. The molecular weight excluding hydrogens is 442 g/mol. The van der Waals surface area contributed by atoms with Crippen LogP contribution in [0.4, 0.5) is 11.4 Å². The molecule has 0 atom stereocenters. The number of nitrogens with one attached hydrogen (secondary N) is 2. The predicted molar refractivity (Wildman–Crippen MR) is 126 cm³/mol. The van der Waals surface area contributed by atoms with Crippen molar-refractivity contribution in [3.05, 3.63) is 106 Å². The number of anilines is 2. The molecule has 166 valence electrons. The number of nitrogens with zero attached hydrogens (tertiary/aromatic N) is 3. The van der Waals surface area contributed by atoms with Crippen LogP contribution in [0.5, 0.6) is 11.5 Å². The van der Waals surface area contributed by atoms with Gasteiger partial charge in [0.05, 0.1) is 6.20 Å². The molecule has 0 saturated heterocycles. The van der Waals surface area contributed by atoms with Crippen LogP contribution in [0, 0.1) is 0 Å². The molecule has 0 radical (unpaired) electrons. The van der Waals surface area contributed by atoms with Crippen LogP contribution >= 0.6 is 11.6 Å². The van der Waals surface area contributed by atoms with Gasteiger partial charge in [-0.15, -0.1) is 0 Å². The van der Waals surface area contributed by atoms with Crippen LogP contribution in [-0.2, 0) is 13.6 Å². The molecule has 1 amide bonds. The van der Waals surface area contributed by atoms with Crippen molar-refractivity contribution in [2.75, 3.05) is 5.32 Å². The maximum absolute atomic E-state index is 12.8. The molecular formula is C24H20ClN5O3. The Morgan fingerprint density at radius 1 is 1.09 bits per heavy atom. The molecule has 4 aromatic rings. The van der Waals surface area contributed by atoms with Gasteiger partial charge in [0.1, 0.15) is 5.75 Å². The summed E-state index contributed by atoms with van der Waals surface area (Å²) in [6, 6.07) is 17.3. The lowest BCUT2D eigenvalue weighted by atomic mass is 10.1. The van der Waals surface area contributed by atoms with Crippen LogP contribution in [-0.4, -0.2) is 20.7 Å². The first kappa shape index (κ1) is 22.0. The van der Waals surface area contributed by atoms with Crippen molar-refractivity contribution in [2.24, 2.45) is 7.05 Å². The summed E-state index contributed by atoms with van der Waals surface area (Å²) in [6.45, 7) is 0.378. The zero-order valence-corrected chi connectivity index (χ0v) is 18.4. The molecule has 2 heterocycles. The lowest BCUT2D eigenvalue weighted by Crippen LogP contribution is -2.23. The summed E-state index contributed by atoms with van der Waals surface area (Å²) in [5.41, 5.74) is 1.75. The molecule has 0 bridgehead atoms. The normalized spacial score (nSPS) is 10.5. The highest BCUT2D eigenvalue weighted by Crippen LogP contribution is 2.29. The van der Waals surface area contributed by atoms with E-state index in [1.54, 1.807) is 68.0 Å². The quantitative estimate of drug-likeness (QED) is 0.426. The van der Waals surface area contributed by atoms with Gasteiger partial charge in [-0.05, 0) is 60.2 Å². The molecule has 33 heavy (non-hydrogen) atoms. The molecule has 0 aliphatic heterocycles. The second kappa shape index (κ2) is 9.97. The standard InChI is InChI=1S/C24H20ClN5O3/c1-30-24(32)22(21(15-28-30)33-20-7-5-18(25)6-8-20)29-19-4-2-3-17(13-19)23(31)27-14-16-9-11-26-12-10-16/h2-13,15,29H,14H2,1H3,(H,27,31). The smallest absolute Gasteiger partial charge is 0.294 e. The van der Waals surface area contributed by atoms with E-state index in [-0.39, 0.29) is 22.9 Å². The van der Waals surface area contributed by atoms with Crippen molar-refractivity contribution in [2.45, 2.75) is 6.54 Å². The number of hydrogen-bond donors (Lipinski definition) is 2. The van der Waals surface area contributed by atoms with Gasteiger partial charge in [-0.25, -0.2) is 4.68 Å². The van der Waals surface area contributed by atoms with Gasteiger partial charge >= 0.3 is 0 Å². The predicted octanol–water partition coefficient (Wildman–Crippen LogP) is 4.29. The molecule has 0 saturated carbocycles. The average Bonchev–Trinajstić information content (AvgIpc) is 2.84. The number of halogens is 1. The van der Waals surface area contributed by atoms with E-state index in [0.717, 1.165) is 5.56 Å². The van der Waals surface area contributed by atoms with E-state index in [0.29, 0.717) is 28.6 Å². The highest BCUT2D eigenvalue weighted by atomic mass is 35.5. The number of pyridine rings is 1. The monoisotopic (exact) mass is 461 g/mol. The summed E-state index contributed by atoms with van der Waals surface area (Å²) in [4.78, 5) is 29.3. The summed E-state index contributed by atoms with van der Waals surface area (Å²) in [5.74, 6) is 0.505. The van der Waals surface area contributed by atoms with Crippen LogP contribution in [0.3, 0.4) is 0 Å². The van der Waals surface area contributed by atoms with Gasteiger partial charge in [0.25, 0.3) is 11.5 Å². The molecule has 8 nitrogen and oxygen atoms in total. The molecule has 2 N–H and O–H groups in total. The van der Waals surface area contributed by atoms with Crippen LogP contribution in [0.15, 0.2) is 84.0 Å². The number of benzene rings is 2.